The summed E-state index contributed by atoms with van der Waals surface area (Å²) in [6.07, 6.45) is 5.13. The highest BCUT2D eigenvalue weighted by atomic mass is 35.5. The molecule has 0 atom stereocenters. The average Bonchev–Trinajstić information content (AvgIpc) is 2.87. The molecule has 2 aromatic rings. The second-order valence-electron chi connectivity index (χ2n) is 5.18. The Labute approximate surface area is 137 Å². The lowest BCUT2D eigenvalue weighted by atomic mass is 10.0. The number of nitro groups is 1. The highest BCUT2D eigenvalue weighted by Gasteiger charge is 2.27. The van der Waals surface area contributed by atoms with E-state index < -0.39 is 4.92 Å². The van der Waals surface area contributed by atoms with E-state index in [-0.39, 0.29) is 11.7 Å². The molecule has 2 aromatic heterocycles. The van der Waals surface area contributed by atoms with Crippen molar-refractivity contribution in [1.29, 1.82) is 0 Å². The van der Waals surface area contributed by atoms with E-state index in [1.165, 1.54) is 6.07 Å². The number of hydrogen-bond donors (Lipinski definition) is 0. The number of halogens is 2. The number of piperidine rings is 1. The van der Waals surface area contributed by atoms with Gasteiger partial charge >= 0.3 is 5.69 Å². The van der Waals surface area contributed by atoms with Crippen LogP contribution in [0.2, 0.25) is 10.2 Å². The fraction of sp³-hybridized carbons (Fsp3) is 0.357. The Morgan fingerprint density at radius 1 is 1.27 bits per heavy atom. The van der Waals surface area contributed by atoms with Crippen LogP contribution in [0.25, 0.3) is 0 Å². The number of pyridine rings is 1. The topological polar surface area (TPSA) is 64.2 Å². The normalized spacial score (nSPS) is 16.0. The highest BCUT2D eigenvalue weighted by molar-refractivity contribution is 6.41. The lowest BCUT2D eigenvalue weighted by Crippen LogP contribution is -2.35. The summed E-state index contributed by atoms with van der Waals surface area (Å²) in [6.45, 7) is 1.38. The standard InChI is InChI=1S/C14H14Cl2N4O2/c15-11-5-9-19(13(11)16)10-3-7-18(8-4-10)14-12(20(21)22)2-1-6-17-14/h1-2,5-6,9-10H,3-4,7-8H2. The van der Waals surface area contributed by atoms with Crippen LogP contribution in [-0.2, 0) is 0 Å². The molecule has 0 aromatic carbocycles. The fourth-order valence-corrected chi connectivity index (χ4v) is 3.23. The first-order valence-electron chi connectivity index (χ1n) is 6.94. The van der Waals surface area contributed by atoms with Gasteiger partial charge in [-0.3, -0.25) is 10.1 Å². The van der Waals surface area contributed by atoms with E-state index in [1.54, 1.807) is 18.3 Å². The van der Waals surface area contributed by atoms with Gasteiger partial charge in [0.1, 0.15) is 5.15 Å². The van der Waals surface area contributed by atoms with Gasteiger partial charge < -0.3 is 9.47 Å². The summed E-state index contributed by atoms with van der Waals surface area (Å²) in [6, 6.07) is 5.09. The van der Waals surface area contributed by atoms with Crippen LogP contribution in [0.4, 0.5) is 11.5 Å². The lowest BCUT2D eigenvalue weighted by molar-refractivity contribution is -0.384. The molecule has 0 bridgehead atoms. The zero-order chi connectivity index (χ0) is 15.7. The first-order chi connectivity index (χ1) is 10.6. The van der Waals surface area contributed by atoms with Crippen LogP contribution in [0.3, 0.4) is 0 Å². The summed E-state index contributed by atoms with van der Waals surface area (Å²) in [4.78, 5) is 16.8. The predicted molar refractivity (Wildman–Crippen MR) is 85.8 cm³/mol. The molecule has 116 valence electrons. The lowest BCUT2D eigenvalue weighted by Gasteiger charge is -2.33. The van der Waals surface area contributed by atoms with E-state index in [0.717, 1.165) is 12.8 Å². The second-order valence-corrected chi connectivity index (χ2v) is 5.95. The van der Waals surface area contributed by atoms with Crippen LogP contribution < -0.4 is 4.90 Å². The van der Waals surface area contributed by atoms with E-state index in [0.29, 0.717) is 29.1 Å². The number of aromatic nitrogens is 2. The molecule has 22 heavy (non-hydrogen) atoms. The smallest absolute Gasteiger partial charge is 0.311 e. The first kappa shape index (κ1) is 15.1. The summed E-state index contributed by atoms with van der Waals surface area (Å²) in [5, 5.41) is 12.2. The maximum absolute atomic E-state index is 11.1. The zero-order valence-electron chi connectivity index (χ0n) is 11.7. The molecule has 0 aliphatic carbocycles. The van der Waals surface area contributed by atoms with Gasteiger partial charge in [0.2, 0.25) is 5.82 Å². The van der Waals surface area contributed by atoms with Crippen LogP contribution in [0.1, 0.15) is 18.9 Å². The molecule has 6 nitrogen and oxygen atoms in total. The molecule has 0 N–H and O–H groups in total. The van der Waals surface area contributed by atoms with Gasteiger partial charge in [0, 0.05) is 37.6 Å². The molecular formula is C14H14Cl2N4O2. The SMILES string of the molecule is O=[N+]([O-])c1cccnc1N1CCC(n2ccc(Cl)c2Cl)CC1. The van der Waals surface area contributed by atoms with Gasteiger partial charge in [-0.25, -0.2) is 4.98 Å². The van der Waals surface area contributed by atoms with Crippen LogP contribution in [0.15, 0.2) is 30.6 Å². The number of rotatable bonds is 3. The maximum Gasteiger partial charge on any atom is 0.311 e. The van der Waals surface area contributed by atoms with Crippen molar-refractivity contribution in [2.45, 2.75) is 18.9 Å². The van der Waals surface area contributed by atoms with E-state index in [9.17, 15) is 10.1 Å². The van der Waals surface area contributed by atoms with E-state index in [1.807, 2.05) is 15.7 Å². The summed E-state index contributed by atoms with van der Waals surface area (Å²) in [5.74, 6) is 0.433. The van der Waals surface area contributed by atoms with Crippen LogP contribution in [0, 0.1) is 10.1 Å². The molecule has 1 saturated heterocycles. The van der Waals surface area contributed by atoms with Crippen molar-refractivity contribution in [2.24, 2.45) is 0 Å². The third-order valence-corrected chi connectivity index (χ3v) is 4.73. The molecule has 1 aliphatic heterocycles. The molecule has 3 rings (SSSR count). The molecule has 0 unspecified atom stereocenters. The number of nitrogens with zero attached hydrogens (tertiary/aromatic N) is 4. The van der Waals surface area contributed by atoms with Crippen molar-refractivity contribution < 1.29 is 4.92 Å². The molecule has 0 spiro atoms. The van der Waals surface area contributed by atoms with Crippen molar-refractivity contribution in [3.63, 3.8) is 0 Å². The monoisotopic (exact) mass is 340 g/mol. The maximum atomic E-state index is 11.1. The van der Waals surface area contributed by atoms with Gasteiger partial charge in [-0.2, -0.15) is 0 Å². The van der Waals surface area contributed by atoms with E-state index in [4.69, 9.17) is 23.2 Å². The summed E-state index contributed by atoms with van der Waals surface area (Å²) in [5.41, 5.74) is 0.0444. The third-order valence-electron chi connectivity index (χ3n) is 3.93. The minimum absolute atomic E-state index is 0.0444. The summed E-state index contributed by atoms with van der Waals surface area (Å²) in [7, 11) is 0. The Bertz CT molecular complexity index is 696. The minimum atomic E-state index is -0.392. The molecular weight excluding hydrogens is 327 g/mol. The number of anilines is 1. The highest BCUT2D eigenvalue weighted by Crippen LogP contribution is 2.34. The van der Waals surface area contributed by atoms with Gasteiger partial charge in [0.05, 0.1) is 9.95 Å². The van der Waals surface area contributed by atoms with Crippen molar-refractivity contribution in [2.75, 3.05) is 18.0 Å². The molecule has 8 heteroatoms. The van der Waals surface area contributed by atoms with Gasteiger partial charge in [0.25, 0.3) is 0 Å². The average molecular weight is 341 g/mol. The zero-order valence-corrected chi connectivity index (χ0v) is 13.2. The molecule has 3 heterocycles. The van der Waals surface area contributed by atoms with Gasteiger partial charge in [-0.05, 0) is 25.0 Å². The van der Waals surface area contributed by atoms with Gasteiger partial charge in [-0.15, -0.1) is 0 Å². The van der Waals surface area contributed by atoms with Gasteiger partial charge in [0.15, 0.2) is 0 Å². The minimum Gasteiger partial charge on any atom is -0.351 e. The Hall–Kier alpha value is -1.79. The molecule has 1 aliphatic rings. The number of hydrogen-bond acceptors (Lipinski definition) is 4. The van der Waals surface area contributed by atoms with E-state index >= 15 is 0 Å². The molecule has 0 amide bonds. The van der Waals surface area contributed by atoms with Crippen molar-refractivity contribution in [3.05, 3.63) is 50.9 Å². The van der Waals surface area contributed by atoms with Gasteiger partial charge in [-0.1, -0.05) is 23.2 Å². The summed E-state index contributed by atoms with van der Waals surface area (Å²) < 4.78 is 1.97. The molecule has 0 saturated carbocycles. The van der Waals surface area contributed by atoms with Crippen molar-refractivity contribution in [1.82, 2.24) is 9.55 Å². The van der Waals surface area contributed by atoms with Crippen molar-refractivity contribution >= 4 is 34.7 Å². The largest absolute Gasteiger partial charge is 0.351 e. The Morgan fingerprint density at radius 2 is 2.00 bits per heavy atom. The predicted octanol–water partition coefficient (Wildman–Crippen LogP) is 3.94. The first-order valence-corrected chi connectivity index (χ1v) is 7.69. The quantitative estimate of drug-likeness (QED) is 0.627. The third kappa shape index (κ3) is 2.76. The van der Waals surface area contributed by atoms with Crippen molar-refractivity contribution in [3.8, 4) is 0 Å². The Kier molecular flexibility index (Phi) is 4.22. The fourth-order valence-electron chi connectivity index (χ4n) is 2.82. The Morgan fingerprint density at radius 3 is 2.59 bits per heavy atom. The summed E-state index contributed by atoms with van der Waals surface area (Å²) >= 11 is 12.2. The molecule has 0 radical (unpaired) electrons. The second kappa shape index (κ2) is 6.14. The van der Waals surface area contributed by atoms with Crippen LogP contribution >= 0.6 is 23.2 Å². The van der Waals surface area contributed by atoms with Crippen LogP contribution in [-0.4, -0.2) is 27.6 Å². The Balaban J connectivity index is 1.75. The van der Waals surface area contributed by atoms with Crippen LogP contribution in [0.5, 0.6) is 0 Å². The van der Waals surface area contributed by atoms with E-state index in [2.05, 4.69) is 4.98 Å². The molecule has 1 fully saturated rings.